The molecule has 0 spiro atoms. The van der Waals surface area contributed by atoms with Crippen LogP contribution < -0.4 is 0 Å². The number of para-hydroxylation sites is 5. The lowest BCUT2D eigenvalue weighted by atomic mass is 10.1. The third-order valence-corrected chi connectivity index (χ3v) is 11.2. The minimum Gasteiger partial charge on any atom is -0.452 e. The molecule has 5 nitrogen and oxygen atoms in total. The summed E-state index contributed by atoms with van der Waals surface area (Å²) in [5.74, 6) is 0.797. The lowest BCUT2D eigenvalue weighted by Gasteiger charge is -2.10. The summed E-state index contributed by atoms with van der Waals surface area (Å²) in [7, 11) is 0. The fourth-order valence-corrected chi connectivity index (χ4v) is 8.88. The van der Waals surface area contributed by atoms with Crippen LogP contribution in [0.5, 0.6) is 0 Å². The van der Waals surface area contributed by atoms with Gasteiger partial charge in [-0.2, -0.15) is 0 Å². The number of hydrogen-bond donors (Lipinski definition) is 0. The van der Waals surface area contributed by atoms with Crippen LogP contribution in [0.4, 0.5) is 0 Å². The summed E-state index contributed by atoms with van der Waals surface area (Å²) < 4.78 is 13.8. The second-order valence-electron chi connectivity index (χ2n) is 14.0. The standard InChI is InChI=1S/C48H30N4O/c1-6-16-40-32(11-1)33-12-2-7-17-41(33)50(40)29-30-21-23-45-38(27-30)36-15-5-8-18-42(36)51(45)31-22-24-46-39(28-31)37-25-26-49-48(47(37)53-46)52-43-19-9-3-13-34(43)35-14-4-10-20-44(35)52/h1-28H,29H2. The van der Waals surface area contributed by atoms with Crippen LogP contribution in [-0.4, -0.2) is 18.7 Å². The molecule has 0 N–H and O–H groups in total. The third kappa shape index (κ3) is 3.99. The number of benzene rings is 7. The van der Waals surface area contributed by atoms with Crippen molar-refractivity contribution in [3.63, 3.8) is 0 Å². The van der Waals surface area contributed by atoms with Crippen molar-refractivity contribution in [3.8, 4) is 11.5 Å². The largest absolute Gasteiger partial charge is 0.452 e. The van der Waals surface area contributed by atoms with Crippen molar-refractivity contribution in [2.75, 3.05) is 0 Å². The second kappa shape index (κ2) is 10.7. The number of hydrogen-bond acceptors (Lipinski definition) is 2. The molecule has 0 fully saturated rings. The van der Waals surface area contributed by atoms with E-state index in [0.717, 1.165) is 51.0 Å². The Kier molecular flexibility index (Phi) is 5.77. The van der Waals surface area contributed by atoms with E-state index in [4.69, 9.17) is 9.40 Å². The monoisotopic (exact) mass is 678 g/mol. The Labute approximate surface area is 303 Å². The minimum absolute atomic E-state index is 0.781. The highest BCUT2D eigenvalue weighted by Gasteiger charge is 2.20. The highest BCUT2D eigenvalue weighted by molar-refractivity contribution is 6.14. The summed E-state index contributed by atoms with van der Waals surface area (Å²) in [6.07, 6.45) is 1.90. The number of pyridine rings is 1. The summed E-state index contributed by atoms with van der Waals surface area (Å²) in [6.45, 7) is 0.790. The van der Waals surface area contributed by atoms with E-state index in [-0.39, 0.29) is 0 Å². The van der Waals surface area contributed by atoms with Crippen LogP contribution in [0.2, 0.25) is 0 Å². The van der Waals surface area contributed by atoms with Gasteiger partial charge in [0.2, 0.25) is 0 Å². The Morgan fingerprint density at radius 2 is 0.943 bits per heavy atom. The van der Waals surface area contributed by atoms with Crippen LogP contribution >= 0.6 is 0 Å². The number of fused-ring (bicyclic) bond motifs is 12. The molecule has 0 atom stereocenters. The maximum absolute atomic E-state index is 6.68. The van der Waals surface area contributed by atoms with E-state index in [2.05, 4.69) is 177 Å². The van der Waals surface area contributed by atoms with E-state index < -0.39 is 0 Å². The molecule has 248 valence electrons. The molecule has 0 aliphatic carbocycles. The summed E-state index contributed by atoms with van der Waals surface area (Å²) >= 11 is 0. The maximum Gasteiger partial charge on any atom is 0.181 e. The molecule has 5 heterocycles. The molecule has 0 bridgehead atoms. The van der Waals surface area contributed by atoms with Crippen molar-refractivity contribution < 1.29 is 4.42 Å². The SMILES string of the molecule is c1ccc2c(c1)c1ccccc1n2Cc1ccc2c(c1)c1ccccc1n2-c1ccc2oc3c(-n4c5ccccc5c5ccccc54)nccc3c2c1. The molecule has 7 aromatic carbocycles. The van der Waals surface area contributed by atoms with Gasteiger partial charge in [-0.05, 0) is 72.3 Å². The van der Waals surface area contributed by atoms with E-state index in [1.807, 2.05) is 6.20 Å². The van der Waals surface area contributed by atoms with Gasteiger partial charge in [-0.15, -0.1) is 0 Å². The van der Waals surface area contributed by atoms with Crippen molar-refractivity contribution in [1.82, 2.24) is 18.7 Å². The number of furan rings is 1. The number of aromatic nitrogens is 4. The van der Waals surface area contributed by atoms with Gasteiger partial charge in [0.05, 0.1) is 22.1 Å². The number of rotatable bonds is 4. The van der Waals surface area contributed by atoms with Crippen molar-refractivity contribution >= 4 is 87.4 Å². The van der Waals surface area contributed by atoms with E-state index in [1.54, 1.807) is 0 Å². The first kappa shape index (κ1) is 28.6. The van der Waals surface area contributed by atoms with E-state index in [1.165, 1.54) is 59.9 Å². The van der Waals surface area contributed by atoms with E-state index >= 15 is 0 Å². The van der Waals surface area contributed by atoms with Gasteiger partial charge >= 0.3 is 0 Å². The Hall–Kier alpha value is -7.11. The molecule has 0 aliphatic heterocycles. The molecule has 0 aliphatic rings. The topological polar surface area (TPSA) is 40.8 Å². The first-order valence-electron chi connectivity index (χ1n) is 18.1. The molecule has 5 heteroatoms. The van der Waals surface area contributed by atoms with Gasteiger partial charge in [0, 0.05) is 72.6 Å². The van der Waals surface area contributed by atoms with Gasteiger partial charge in [-0.25, -0.2) is 4.98 Å². The van der Waals surface area contributed by atoms with Crippen molar-refractivity contribution in [1.29, 1.82) is 0 Å². The zero-order valence-corrected chi connectivity index (χ0v) is 28.6. The lowest BCUT2D eigenvalue weighted by Crippen LogP contribution is -1.99. The summed E-state index contributed by atoms with van der Waals surface area (Å²) in [5.41, 5.74) is 11.1. The van der Waals surface area contributed by atoms with Crippen molar-refractivity contribution in [2.45, 2.75) is 6.54 Å². The highest BCUT2D eigenvalue weighted by atomic mass is 16.3. The first-order chi connectivity index (χ1) is 26.3. The van der Waals surface area contributed by atoms with Gasteiger partial charge < -0.3 is 13.6 Å². The zero-order valence-electron chi connectivity index (χ0n) is 28.6. The van der Waals surface area contributed by atoms with E-state index in [9.17, 15) is 0 Å². The molecular formula is C48H30N4O. The third-order valence-electron chi connectivity index (χ3n) is 11.2. The molecule has 0 saturated heterocycles. The van der Waals surface area contributed by atoms with Crippen LogP contribution in [0, 0.1) is 0 Å². The molecule has 12 rings (SSSR count). The summed E-state index contributed by atoms with van der Waals surface area (Å²) in [4.78, 5) is 4.93. The van der Waals surface area contributed by atoms with Crippen LogP contribution in [0.15, 0.2) is 174 Å². The van der Waals surface area contributed by atoms with Gasteiger partial charge in [0.1, 0.15) is 5.58 Å². The van der Waals surface area contributed by atoms with Crippen molar-refractivity contribution in [3.05, 3.63) is 176 Å². The smallest absolute Gasteiger partial charge is 0.181 e. The zero-order chi connectivity index (χ0) is 34.6. The Morgan fingerprint density at radius 1 is 0.415 bits per heavy atom. The summed E-state index contributed by atoms with van der Waals surface area (Å²) in [6, 6.07) is 58.8. The van der Waals surface area contributed by atoms with Gasteiger partial charge in [0.25, 0.3) is 0 Å². The fraction of sp³-hybridized carbons (Fsp3) is 0.0208. The predicted octanol–water partition coefficient (Wildman–Crippen LogP) is 12.3. The average molecular weight is 679 g/mol. The maximum atomic E-state index is 6.68. The molecule has 0 amide bonds. The fourth-order valence-electron chi connectivity index (χ4n) is 8.88. The Bertz CT molecular complexity index is 3340. The van der Waals surface area contributed by atoms with Crippen LogP contribution in [0.25, 0.3) is 98.9 Å². The minimum atomic E-state index is 0.781. The number of nitrogens with zero attached hydrogens (tertiary/aromatic N) is 4. The first-order valence-corrected chi connectivity index (χ1v) is 18.1. The molecular weight excluding hydrogens is 649 g/mol. The predicted molar refractivity (Wildman–Crippen MR) is 219 cm³/mol. The molecule has 53 heavy (non-hydrogen) atoms. The Balaban J connectivity index is 1.03. The second-order valence-corrected chi connectivity index (χ2v) is 14.0. The molecule has 0 radical (unpaired) electrons. The van der Waals surface area contributed by atoms with Gasteiger partial charge in [0.15, 0.2) is 11.4 Å². The quantitative estimate of drug-likeness (QED) is 0.186. The molecule has 0 unspecified atom stereocenters. The molecule has 5 aromatic heterocycles. The van der Waals surface area contributed by atoms with Crippen LogP contribution in [0.3, 0.4) is 0 Å². The molecule has 12 aromatic rings. The lowest BCUT2D eigenvalue weighted by molar-refractivity contribution is 0.663. The summed E-state index contributed by atoms with van der Waals surface area (Å²) in [5, 5.41) is 9.57. The highest BCUT2D eigenvalue weighted by Crippen LogP contribution is 2.39. The average Bonchev–Trinajstić information content (AvgIpc) is 3.95. The van der Waals surface area contributed by atoms with E-state index in [0.29, 0.717) is 0 Å². The van der Waals surface area contributed by atoms with Gasteiger partial charge in [-0.3, -0.25) is 4.57 Å². The Morgan fingerprint density at radius 3 is 1.58 bits per heavy atom. The van der Waals surface area contributed by atoms with Crippen LogP contribution in [0.1, 0.15) is 5.56 Å². The van der Waals surface area contributed by atoms with Crippen LogP contribution in [-0.2, 0) is 6.54 Å². The normalized spacial score (nSPS) is 12.2. The van der Waals surface area contributed by atoms with Gasteiger partial charge in [-0.1, -0.05) is 97.1 Å². The molecule has 0 saturated carbocycles. The van der Waals surface area contributed by atoms with Crippen molar-refractivity contribution in [2.24, 2.45) is 0 Å².